The predicted octanol–water partition coefficient (Wildman–Crippen LogP) is 5.71. The first-order chi connectivity index (χ1) is 15.7. The summed E-state index contributed by atoms with van der Waals surface area (Å²) in [5.74, 6) is 0.145. The maximum Gasteiger partial charge on any atom is 0.416 e. The van der Waals surface area contributed by atoms with Crippen LogP contribution in [0.25, 0.3) is 11.2 Å². The van der Waals surface area contributed by atoms with E-state index < -0.39 is 17.6 Å². The van der Waals surface area contributed by atoms with Gasteiger partial charge in [-0.15, -0.1) is 5.10 Å². The molecule has 1 aliphatic rings. The van der Waals surface area contributed by atoms with E-state index in [-0.39, 0.29) is 17.1 Å². The zero-order chi connectivity index (χ0) is 23.8. The summed E-state index contributed by atoms with van der Waals surface area (Å²) in [4.78, 5) is 17.5. The van der Waals surface area contributed by atoms with Crippen LogP contribution in [0.3, 0.4) is 0 Å². The Morgan fingerprint density at radius 1 is 1.33 bits per heavy atom. The Balaban J connectivity index is 1.65. The number of anilines is 1. The summed E-state index contributed by atoms with van der Waals surface area (Å²) in [6.07, 6.45) is 0.505. The molecule has 174 valence electrons. The minimum Gasteiger partial charge on any atom is -0.377 e. The number of carbonyl (C=O) groups excluding carboxylic acids is 1. The number of hydrogen-bond acceptors (Lipinski definition) is 4. The summed E-state index contributed by atoms with van der Waals surface area (Å²) in [6.45, 7) is 3.05. The first-order valence-electron chi connectivity index (χ1n) is 10.2. The number of fused-ring (bicyclic) bond motifs is 1. The minimum absolute atomic E-state index is 0.0518. The van der Waals surface area contributed by atoms with Crippen LogP contribution in [0.4, 0.5) is 18.9 Å². The first-order valence-corrected chi connectivity index (χ1v) is 11.3. The third-order valence-corrected chi connectivity index (χ3v) is 6.30. The Morgan fingerprint density at radius 2 is 2.12 bits per heavy atom. The van der Waals surface area contributed by atoms with Gasteiger partial charge in [0, 0.05) is 16.2 Å². The molecule has 1 N–H and O–H groups in total. The van der Waals surface area contributed by atoms with Gasteiger partial charge in [0.1, 0.15) is 0 Å². The molecule has 0 atom stereocenters. The Morgan fingerprint density at radius 3 is 2.76 bits per heavy atom. The SMILES string of the molecule is CCc1c(Br)cn2nc(C3=CCOCC3)nc2c1CC(=O)Nc1ccc(C(F)(F)F)cc1Cl. The number of pyridine rings is 1. The normalized spacial score (nSPS) is 14.4. The highest BCUT2D eigenvalue weighted by Crippen LogP contribution is 2.34. The number of aromatic nitrogens is 3. The van der Waals surface area contributed by atoms with Gasteiger partial charge in [-0.25, -0.2) is 9.50 Å². The minimum atomic E-state index is -4.52. The lowest BCUT2D eigenvalue weighted by molar-refractivity contribution is -0.137. The Bertz CT molecular complexity index is 1260. The van der Waals surface area contributed by atoms with Crippen molar-refractivity contribution in [2.24, 2.45) is 0 Å². The number of ether oxygens (including phenoxy) is 1. The first kappa shape index (κ1) is 23.7. The van der Waals surface area contributed by atoms with Crippen LogP contribution in [0.5, 0.6) is 0 Å². The van der Waals surface area contributed by atoms with Crippen LogP contribution in [0.2, 0.25) is 5.02 Å². The highest BCUT2D eigenvalue weighted by atomic mass is 79.9. The number of benzene rings is 1. The van der Waals surface area contributed by atoms with Gasteiger partial charge in [0.15, 0.2) is 11.5 Å². The van der Waals surface area contributed by atoms with E-state index in [9.17, 15) is 18.0 Å². The highest BCUT2D eigenvalue weighted by molar-refractivity contribution is 9.10. The smallest absolute Gasteiger partial charge is 0.377 e. The van der Waals surface area contributed by atoms with Crippen LogP contribution in [0.1, 0.15) is 35.9 Å². The zero-order valence-electron chi connectivity index (χ0n) is 17.5. The van der Waals surface area contributed by atoms with Gasteiger partial charge in [0.2, 0.25) is 5.91 Å². The lowest BCUT2D eigenvalue weighted by Crippen LogP contribution is -2.17. The molecule has 6 nitrogen and oxygen atoms in total. The zero-order valence-corrected chi connectivity index (χ0v) is 19.8. The van der Waals surface area contributed by atoms with Crippen molar-refractivity contribution in [3.8, 4) is 0 Å². The van der Waals surface area contributed by atoms with Gasteiger partial charge in [0.05, 0.1) is 35.9 Å². The monoisotopic (exact) mass is 542 g/mol. The van der Waals surface area contributed by atoms with Crippen molar-refractivity contribution < 1.29 is 22.7 Å². The topological polar surface area (TPSA) is 68.5 Å². The van der Waals surface area contributed by atoms with Crippen LogP contribution in [-0.2, 0) is 28.5 Å². The van der Waals surface area contributed by atoms with Gasteiger partial charge < -0.3 is 10.1 Å². The van der Waals surface area contributed by atoms with Crippen molar-refractivity contribution >= 4 is 50.3 Å². The molecule has 1 aromatic carbocycles. The fourth-order valence-corrected chi connectivity index (χ4v) is 4.61. The fourth-order valence-electron chi connectivity index (χ4n) is 3.67. The van der Waals surface area contributed by atoms with Gasteiger partial charge in [-0.2, -0.15) is 13.2 Å². The average Bonchev–Trinajstić information content (AvgIpc) is 3.19. The van der Waals surface area contributed by atoms with E-state index in [0.29, 0.717) is 43.1 Å². The average molecular weight is 544 g/mol. The molecule has 1 amide bonds. The summed E-state index contributed by atoms with van der Waals surface area (Å²) in [5.41, 5.74) is 2.33. The van der Waals surface area contributed by atoms with E-state index >= 15 is 0 Å². The van der Waals surface area contributed by atoms with Crippen molar-refractivity contribution in [1.29, 1.82) is 0 Å². The second-order valence-electron chi connectivity index (χ2n) is 7.46. The van der Waals surface area contributed by atoms with Crippen molar-refractivity contribution in [1.82, 2.24) is 14.6 Å². The number of alkyl halides is 3. The molecule has 0 bridgehead atoms. The molecular formula is C22H19BrClF3N4O2. The second-order valence-corrected chi connectivity index (χ2v) is 8.72. The fraction of sp³-hybridized carbons (Fsp3) is 0.318. The van der Waals surface area contributed by atoms with Crippen molar-refractivity contribution in [3.05, 3.63) is 62.5 Å². The molecule has 33 heavy (non-hydrogen) atoms. The maximum absolute atomic E-state index is 12.9. The van der Waals surface area contributed by atoms with Crippen LogP contribution in [-0.4, -0.2) is 33.7 Å². The third kappa shape index (κ3) is 5.07. The largest absolute Gasteiger partial charge is 0.416 e. The molecule has 0 saturated heterocycles. The van der Waals surface area contributed by atoms with E-state index in [2.05, 4.69) is 31.3 Å². The molecule has 0 fully saturated rings. The van der Waals surface area contributed by atoms with Gasteiger partial charge in [-0.1, -0.05) is 24.6 Å². The Kier molecular flexibility index (Phi) is 6.78. The summed E-state index contributed by atoms with van der Waals surface area (Å²) < 4.78 is 46.4. The molecular weight excluding hydrogens is 525 g/mol. The van der Waals surface area contributed by atoms with E-state index in [0.717, 1.165) is 33.8 Å². The molecule has 0 unspecified atom stereocenters. The standard InChI is InChI=1S/C22H19BrClF3N4O2/c1-2-14-15(10-19(32)28-18-4-3-13(9-17(18)24)22(25,26)27)21-29-20(12-5-7-33-8-6-12)30-31(21)11-16(14)23/h3-5,9,11H,2,6-8,10H2,1H3,(H,28,32). The summed E-state index contributed by atoms with van der Waals surface area (Å²) in [5, 5.41) is 6.98. The van der Waals surface area contributed by atoms with Crippen LogP contribution in [0, 0.1) is 0 Å². The van der Waals surface area contributed by atoms with Crippen LogP contribution in [0.15, 0.2) is 34.9 Å². The molecule has 0 spiro atoms. The molecule has 1 aliphatic heterocycles. The summed E-state index contributed by atoms with van der Waals surface area (Å²) in [6, 6.07) is 2.81. The molecule has 0 saturated carbocycles. The third-order valence-electron chi connectivity index (χ3n) is 5.30. The Labute approximate surface area is 200 Å². The molecule has 3 aromatic rings. The molecule has 2 aromatic heterocycles. The van der Waals surface area contributed by atoms with Gasteiger partial charge >= 0.3 is 6.18 Å². The van der Waals surface area contributed by atoms with Gasteiger partial charge in [-0.05, 0) is 58.1 Å². The molecule has 3 heterocycles. The lowest BCUT2D eigenvalue weighted by atomic mass is 10.0. The number of halogens is 5. The number of rotatable bonds is 5. The maximum atomic E-state index is 12.9. The number of nitrogens with zero attached hydrogens (tertiary/aromatic N) is 3. The van der Waals surface area contributed by atoms with Crippen LogP contribution >= 0.6 is 27.5 Å². The predicted molar refractivity (Wildman–Crippen MR) is 122 cm³/mol. The molecule has 0 radical (unpaired) electrons. The highest BCUT2D eigenvalue weighted by Gasteiger charge is 2.31. The molecule has 4 rings (SSSR count). The van der Waals surface area contributed by atoms with Gasteiger partial charge in [0.25, 0.3) is 0 Å². The van der Waals surface area contributed by atoms with Crippen LogP contribution < -0.4 is 5.32 Å². The van der Waals surface area contributed by atoms with E-state index in [1.165, 1.54) is 0 Å². The van der Waals surface area contributed by atoms with E-state index in [1.807, 2.05) is 13.0 Å². The second kappa shape index (κ2) is 9.44. The van der Waals surface area contributed by atoms with Crippen molar-refractivity contribution in [2.75, 3.05) is 18.5 Å². The molecule has 0 aliphatic carbocycles. The van der Waals surface area contributed by atoms with E-state index in [1.54, 1.807) is 10.7 Å². The summed E-state index contributed by atoms with van der Waals surface area (Å²) >= 11 is 9.53. The van der Waals surface area contributed by atoms with E-state index in [4.69, 9.17) is 16.3 Å². The number of nitrogens with one attached hydrogen (secondary N) is 1. The number of carbonyl (C=O) groups is 1. The van der Waals surface area contributed by atoms with Crippen molar-refractivity contribution in [2.45, 2.75) is 32.4 Å². The quantitative estimate of drug-likeness (QED) is 0.448. The summed E-state index contributed by atoms with van der Waals surface area (Å²) in [7, 11) is 0. The lowest BCUT2D eigenvalue weighted by Gasteiger charge is -2.13. The van der Waals surface area contributed by atoms with Gasteiger partial charge in [-0.3, -0.25) is 4.79 Å². The number of hydrogen-bond donors (Lipinski definition) is 1. The Hall–Kier alpha value is -2.43. The molecule has 11 heteroatoms. The number of amides is 1. The van der Waals surface area contributed by atoms with Crippen molar-refractivity contribution in [3.63, 3.8) is 0 Å².